The molecule has 1 unspecified atom stereocenters. The lowest BCUT2D eigenvalue weighted by Gasteiger charge is -2.05. The van der Waals surface area contributed by atoms with Gasteiger partial charge in [0.2, 0.25) is 0 Å². The molecule has 2 heteroatoms. The van der Waals surface area contributed by atoms with Crippen molar-refractivity contribution >= 4 is 35.1 Å². The third kappa shape index (κ3) is 3.36. The van der Waals surface area contributed by atoms with Crippen LogP contribution >= 0.6 is 24.5 Å². The van der Waals surface area contributed by atoms with Crippen molar-refractivity contribution in [2.75, 3.05) is 0 Å². The van der Waals surface area contributed by atoms with Gasteiger partial charge in [-0.2, -0.15) is 0 Å². The summed E-state index contributed by atoms with van der Waals surface area (Å²) in [6.07, 6.45) is 0. The van der Waals surface area contributed by atoms with Crippen molar-refractivity contribution in [3.05, 3.63) is 83.3 Å². The van der Waals surface area contributed by atoms with E-state index in [1.165, 1.54) is 21.7 Å². The smallest absolute Gasteiger partial charge is 0.0175 e. The standard InChI is InChI=1S/C18H14BrP/c19-16-10-6-14(7-11-16)15-8-12-18(13-9-15)20-17-4-2-1-3-5-17/h1-13,20H. The summed E-state index contributed by atoms with van der Waals surface area (Å²) in [4.78, 5) is 0. The molecule has 0 spiro atoms. The molecular weight excluding hydrogens is 327 g/mol. The molecule has 0 bridgehead atoms. The molecule has 20 heavy (non-hydrogen) atoms. The largest absolute Gasteiger partial charge is 0.0622 e. The van der Waals surface area contributed by atoms with E-state index in [1.54, 1.807) is 0 Å². The van der Waals surface area contributed by atoms with Gasteiger partial charge in [0, 0.05) is 4.47 Å². The van der Waals surface area contributed by atoms with Gasteiger partial charge in [-0.1, -0.05) is 91.2 Å². The summed E-state index contributed by atoms with van der Waals surface area (Å²) < 4.78 is 1.11. The van der Waals surface area contributed by atoms with Gasteiger partial charge in [0.05, 0.1) is 0 Å². The molecule has 3 aromatic carbocycles. The first kappa shape index (κ1) is 13.5. The summed E-state index contributed by atoms with van der Waals surface area (Å²) >= 11 is 3.47. The first-order valence-electron chi connectivity index (χ1n) is 6.49. The molecule has 3 aromatic rings. The van der Waals surface area contributed by atoms with Crippen LogP contribution < -0.4 is 10.6 Å². The van der Waals surface area contributed by atoms with Crippen LogP contribution in [0.4, 0.5) is 0 Å². The van der Waals surface area contributed by atoms with Crippen LogP contribution in [0.1, 0.15) is 0 Å². The molecule has 0 aliphatic carbocycles. The minimum atomic E-state index is 0.721. The van der Waals surface area contributed by atoms with E-state index >= 15 is 0 Å². The Labute approximate surface area is 129 Å². The fourth-order valence-electron chi connectivity index (χ4n) is 2.08. The third-order valence-corrected chi connectivity index (χ3v) is 4.90. The second-order valence-corrected chi connectivity index (χ2v) is 6.90. The minimum Gasteiger partial charge on any atom is -0.0622 e. The number of halogens is 1. The highest BCUT2D eigenvalue weighted by Crippen LogP contribution is 2.22. The van der Waals surface area contributed by atoms with Gasteiger partial charge in [0.25, 0.3) is 0 Å². The molecule has 0 saturated heterocycles. The van der Waals surface area contributed by atoms with Crippen LogP contribution in [-0.2, 0) is 0 Å². The van der Waals surface area contributed by atoms with Gasteiger partial charge in [0.15, 0.2) is 0 Å². The fraction of sp³-hybridized carbons (Fsp3) is 0. The summed E-state index contributed by atoms with van der Waals surface area (Å²) in [6, 6.07) is 27.9. The maximum absolute atomic E-state index is 3.47. The number of benzene rings is 3. The van der Waals surface area contributed by atoms with Gasteiger partial charge in [0.1, 0.15) is 0 Å². The van der Waals surface area contributed by atoms with Gasteiger partial charge >= 0.3 is 0 Å². The van der Waals surface area contributed by atoms with Crippen LogP contribution in [0.2, 0.25) is 0 Å². The molecule has 0 saturated carbocycles. The number of rotatable bonds is 3. The molecule has 0 nitrogen and oxygen atoms in total. The van der Waals surface area contributed by atoms with Gasteiger partial charge in [-0.25, -0.2) is 0 Å². The Bertz CT molecular complexity index is 673. The van der Waals surface area contributed by atoms with Gasteiger partial charge in [-0.3, -0.25) is 0 Å². The Morgan fingerprint density at radius 3 is 1.65 bits per heavy atom. The normalized spacial score (nSPS) is 11.1. The van der Waals surface area contributed by atoms with Crippen molar-refractivity contribution in [1.29, 1.82) is 0 Å². The van der Waals surface area contributed by atoms with Crippen molar-refractivity contribution in [3.8, 4) is 11.1 Å². The highest BCUT2D eigenvalue weighted by molar-refractivity contribution is 9.10. The maximum atomic E-state index is 3.47. The molecule has 0 aromatic heterocycles. The highest BCUT2D eigenvalue weighted by atomic mass is 79.9. The third-order valence-electron chi connectivity index (χ3n) is 3.12. The zero-order valence-corrected chi connectivity index (χ0v) is 13.5. The van der Waals surface area contributed by atoms with Crippen molar-refractivity contribution in [3.63, 3.8) is 0 Å². The summed E-state index contributed by atoms with van der Waals surface area (Å²) in [7, 11) is 0.721. The quantitative estimate of drug-likeness (QED) is 0.604. The van der Waals surface area contributed by atoms with Crippen LogP contribution in [0, 0.1) is 0 Å². The van der Waals surface area contributed by atoms with Crippen molar-refractivity contribution in [2.24, 2.45) is 0 Å². The molecule has 0 N–H and O–H groups in total. The summed E-state index contributed by atoms with van der Waals surface area (Å²) in [5, 5.41) is 2.75. The zero-order chi connectivity index (χ0) is 13.8. The second kappa shape index (κ2) is 6.35. The van der Waals surface area contributed by atoms with E-state index in [9.17, 15) is 0 Å². The van der Waals surface area contributed by atoms with E-state index in [0.717, 1.165) is 13.1 Å². The lowest BCUT2D eigenvalue weighted by Crippen LogP contribution is -2.02. The van der Waals surface area contributed by atoms with Crippen LogP contribution in [-0.4, -0.2) is 0 Å². The first-order valence-corrected chi connectivity index (χ1v) is 8.29. The molecule has 0 heterocycles. The summed E-state index contributed by atoms with van der Waals surface area (Å²) in [6.45, 7) is 0. The Kier molecular flexibility index (Phi) is 4.30. The average Bonchev–Trinajstić information content (AvgIpc) is 2.50. The van der Waals surface area contributed by atoms with E-state index in [0.29, 0.717) is 0 Å². The first-order chi connectivity index (χ1) is 9.81. The molecule has 98 valence electrons. The molecule has 0 aliphatic heterocycles. The fourth-order valence-corrected chi connectivity index (χ4v) is 3.37. The topological polar surface area (TPSA) is 0 Å². The highest BCUT2D eigenvalue weighted by Gasteiger charge is 1.99. The van der Waals surface area contributed by atoms with E-state index in [1.807, 2.05) is 0 Å². The van der Waals surface area contributed by atoms with Gasteiger partial charge < -0.3 is 0 Å². The van der Waals surface area contributed by atoms with Crippen molar-refractivity contribution in [1.82, 2.24) is 0 Å². The molecule has 0 radical (unpaired) electrons. The summed E-state index contributed by atoms with van der Waals surface area (Å²) in [5.41, 5.74) is 2.52. The maximum Gasteiger partial charge on any atom is 0.0175 e. The van der Waals surface area contributed by atoms with Crippen molar-refractivity contribution < 1.29 is 0 Å². The van der Waals surface area contributed by atoms with E-state index in [-0.39, 0.29) is 0 Å². The molecular formula is C18H14BrP. The Morgan fingerprint density at radius 2 is 1.05 bits per heavy atom. The molecule has 0 fully saturated rings. The van der Waals surface area contributed by atoms with Gasteiger partial charge in [-0.15, -0.1) is 0 Å². The van der Waals surface area contributed by atoms with Gasteiger partial charge in [-0.05, 0) is 33.9 Å². The van der Waals surface area contributed by atoms with Crippen LogP contribution in [0.5, 0.6) is 0 Å². The molecule has 3 rings (SSSR count). The minimum absolute atomic E-state index is 0.721. The Balaban J connectivity index is 1.79. The predicted molar refractivity (Wildman–Crippen MR) is 93.6 cm³/mol. The lowest BCUT2D eigenvalue weighted by molar-refractivity contribution is 1.61. The van der Waals surface area contributed by atoms with Crippen LogP contribution in [0.3, 0.4) is 0 Å². The molecule has 0 aliphatic rings. The molecule has 0 amide bonds. The number of hydrogen-bond acceptors (Lipinski definition) is 0. The molecule has 1 atom stereocenters. The monoisotopic (exact) mass is 340 g/mol. The van der Waals surface area contributed by atoms with Crippen LogP contribution in [0.25, 0.3) is 11.1 Å². The average molecular weight is 341 g/mol. The Hall–Kier alpha value is -1.43. The Morgan fingerprint density at radius 1 is 0.550 bits per heavy atom. The lowest BCUT2D eigenvalue weighted by atomic mass is 10.1. The number of hydrogen-bond donors (Lipinski definition) is 0. The van der Waals surface area contributed by atoms with E-state index in [2.05, 4.69) is 94.8 Å². The zero-order valence-electron chi connectivity index (χ0n) is 10.9. The van der Waals surface area contributed by atoms with Crippen LogP contribution in [0.15, 0.2) is 83.3 Å². The van der Waals surface area contributed by atoms with Crippen molar-refractivity contribution in [2.45, 2.75) is 0 Å². The van der Waals surface area contributed by atoms with E-state index < -0.39 is 0 Å². The predicted octanol–water partition coefficient (Wildman–Crippen LogP) is 4.75. The summed E-state index contributed by atoms with van der Waals surface area (Å²) in [5.74, 6) is 0. The van der Waals surface area contributed by atoms with E-state index in [4.69, 9.17) is 0 Å². The SMILES string of the molecule is Brc1ccc(-c2ccc(Pc3ccccc3)cc2)cc1. The second-order valence-electron chi connectivity index (χ2n) is 4.58.